The number of carbonyl (C=O) groups excluding carboxylic acids is 1. The van der Waals surface area contributed by atoms with E-state index >= 15 is 0 Å². The quantitative estimate of drug-likeness (QED) is 0.385. The summed E-state index contributed by atoms with van der Waals surface area (Å²) in [5.74, 6) is 3.13. The lowest BCUT2D eigenvalue weighted by Gasteiger charge is -2.36. The third-order valence-corrected chi connectivity index (χ3v) is 6.88. The van der Waals surface area contributed by atoms with Gasteiger partial charge in [0, 0.05) is 0 Å². The first-order chi connectivity index (χ1) is 15.4. The van der Waals surface area contributed by atoms with Gasteiger partial charge in [-0.25, -0.2) is 13.9 Å². The van der Waals surface area contributed by atoms with Gasteiger partial charge in [0.05, 0.1) is 7.05 Å². The number of benzene rings is 2. The lowest BCUT2D eigenvalue weighted by molar-refractivity contribution is -0.655. The number of nitrogens with zero attached hydrogens (tertiary/aromatic N) is 2. The Labute approximate surface area is 191 Å². The average molecular weight is 436 g/mol. The SMILES string of the molecule is CC(C)[C@@H]1CC[C@@H](C)C[C@@H]1OC(=O)Cn1c(COc2ccccc2)[n+](C)c2ccccc21. The third-order valence-electron chi connectivity index (χ3n) is 6.88. The van der Waals surface area contributed by atoms with Crippen molar-refractivity contribution in [3.63, 3.8) is 0 Å². The predicted molar refractivity (Wildman–Crippen MR) is 125 cm³/mol. The monoisotopic (exact) mass is 435 g/mol. The van der Waals surface area contributed by atoms with Crippen LogP contribution in [-0.4, -0.2) is 16.6 Å². The van der Waals surface area contributed by atoms with Crippen molar-refractivity contribution in [2.24, 2.45) is 24.8 Å². The summed E-state index contributed by atoms with van der Waals surface area (Å²) in [4.78, 5) is 13.1. The largest absolute Gasteiger partial charge is 0.481 e. The molecule has 2 aromatic carbocycles. The fourth-order valence-electron chi connectivity index (χ4n) is 5.04. The van der Waals surface area contributed by atoms with Crippen molar-refractivity contribution in [2.45, 2.75) is 59.3 Å². The minimum atomic E-state index is -0.169. The molecule has 0 amide bonds. The number of esters is 1. The fraction of sp³-hybridized carbons (Fsp3) is 0.481. The molecule has 4 rings (SSSR count). The number of rotatable bonds is 7. The zero-order valence-corrected chi connectivity index (χ0v) is 19.7. The first kappa shape index (κ1) is 22.4. The Balaban J connectivity index is 1.56. The molecule has 5 nitrogen and oxygen atoms in total. The normalized spacial score (nSPS) is 21.1. The zero-order chi connectivity index (χ0) is 22.7. The highest BCUT2D eigenvalue weighted by atomic mass is 16.5. The molecule has 5 heteroatoms. The van der Waals surface area contributed by atoms with Gasteiger partial charge in [-0.15, -0.1) is 0 Å². The Kier molecular flexibility index (Phi) is 6.83. The number of hydrogen-bond acceptors (Lipinski definition) is 3. The van der Waals surface area contributed by atoms with E-state index in [2.05, 4.69) is 31.4 Å². The molecule has 0 spiro atoms. The fourth-order valence-corrected chi connectivity index (χ4v) is 5.04. The lowest BCUT2D eigenvalue weighted by atomic mass is 9.75. The number of fused-ring (bicyclic) bond motifs is 1. The van der Waals surface area contributed by atoms with Crippen molar-refractivity contribution in [1.29, 1.82) is 0 Å². The van der Waals surface area contributed by atoms with Crippen LogP contribution in [0.1, 0.15) is 45.9 Å². The van der Waals surface area contributed by atoms with E-state index in [9.17, 15) is 4.79 Å². The third kappa shape index (κ3) is 4.82. The molecule has 32 heavy (non-hydrogen) atoms. The molecule has 1 fully saturated rings. The van der Waals surface area contributed by atoms with Crippen LogP contribution in [0.25, 0.3) is 11.0 Å². The molecule has 1 saturated carbocycles. The highest BCUT2D eigenvalue weighted by Gasteiger charge is 2.34. The summed E-state index contributed by atoms with van der Waals surface area (Å²) in [5, 5.41) is 0. The van der Waals surface area contributed by atoms with E-state index in [4.69, 9.17) is 9.47 Å². The van der Waals surface area contributed by atoms with Gasteiger partial charge in [-0.2, -0.15) is 0 Å². The van der Waals surface area contributed by atoms with Gasteiger partial charge in [0.1, 0.15) is 11.9 Å². The summed E-state index contributed by atoms with van der Waals surface area (Å²) in [5.41, 5.74) is 2.08. The standard InChI is InChI=1S/C27H35N2O3/c1-19(2)22-15-14-20(3)16-25(22)32-27(30)17-29-24-13-9-8-12-23(24)28(4)26(29)18-31-21-10-6-5-7-11-21/h5-13,19-20,22,25H,14-18H2,1-4H3/q+1/t20-,22+,25+/m1/s1. The minimum Gasteiger partial charge on any atom is -0.481 e. The summed E-state index contributed by atoms with van der Waals surface area (Å²) in [6.07, 6.45) is 3.31. The number of aryl methyl sites for hydroxylation is 1. The molecule has 0 bridgehead atoms. The lowest BCUT2D eigenvalue weighted by Crippen LogP contribution is -2.37. The molecule has 1 aliphatic carbocycles. The van der Waals surface area contributed by atoms with Crippen molar-refractivity contribution in [3.05, 3.63) is 60.4 Å². The van der Waals surface area contributed by atoms with E-state index in [1.165, 1.54) is 6.42 Å². The van der Waals surface area contributed by atoms with Gasteiger partial charge < -0.3 is 9.47 Å². The van der Waals surface area contributed by atoms with E-state index in [1.807, 2.05) is 60.1 Å². The Morgan fingerprint density at radius 3 is 2.56 bits per heavy atom. The van der Waals surface area contributed by atoms with Crippen molar-refractivity contribution >= 4 is 17.0 Å². The summed E-state index contributed by atoms with van der Waals surface area (Å²) >= 11 is 0. The second kappa shape index (κ2) is 9.76. The number of hydrogen-bond donors (Lipinski definition) is 0. The average Bonchev–Trinajstić information content (AvgIpc) is 3.04. The first-order valence-electron chi connectivity index (χ1n) is 11.8. The Morgan fingerprint density at radius 2 is 1.81 bits per heavy atom. The zero-order valence-electron chi connectivity index (χ0n) is 19.7. The van der Waals surface area contributed by atoms with Crippen molar-refractivity contribution < 1.29 is 18.8 Å². The highest BCUT2D eigenvalue weighted by Crippen LogP contribution is 2.35. The highest BCUT2D eigenvalue weighted by molar-refractivity contribution is 5.76. The molecule has 0 saturated heterocycles. The molecule has 1 heterocycles. The maximum absolute atomic E-state index is 13.1. The van der Waals surface area contributed by atoms with Crippen LogP contribution >= 0.6 is 0 Å². The topological polar surface area (TPSA) is 44.3 Å². The maximum Gasteiger partial charge on any atom is 0.348 e. The van der Waals surface area contributed by atoms with Crippen molar-refractivity contribution in [1.82, 2.24) is 4.57 Å². The Morgan fingerprint density at radius 1 is 1.09 bits per heavy atom. The van der Waals surface area contributed by atoms with Crippen LogP contribution in [0.3, 0.4) is 0 Å². The van der Waals surface area contributed by atoms with Crippen LogP contribution in [0.2, 0.25) is 0 Å². The van der Waals surface area contributed by atoms with Gasteiger partial charge in [0.25, 0.3) is 5.82 Å². The van der Waals surface area contributed by atoms with E-state index in [1.54, 1.807) is 0 Å². The van der Waals surface area contributed by atoms with Crippen LogP contribution in [-0.2, 0) is 29.7 Å². The molecule has 3 aromatic rings. The van der Waals surface area contributed by atoms with Gasteiger partial charge in [-0.3, -0.25) is 0 Å². The van der Waals surface area contributed by atoms with E-state index < -0.39 is 0 Å². The Bertz CT molecular complexity index is 1060. The molecule has 1 aromatic heterocycles. The first-order valence-corrected chi connectivity index (χ1v) is 11.8. The van der Waals surface area contributed by atoms with Crippen LogP contribution in [0.4, 0.5) is 0 Å². The molecule has 3 atom stereocenters. The smallest absolute Gasteiger partial charge is 0.348 e. The van der Waals surface area contributed by atoms with Crippen LogP contribution < -0.4 is 9.30 Å². The van der Waals surface area contributed by atoms with E-state index in [0.717, 1.165) is 35.4 Å². The number of imidazole rings is 1. The second-order valence-electron chi connectivity index (χ2n) is 9.51. The van der Waals surface area contributed by atoms with Crippen LogP contribution in [0.15, 0.2) is 54.6 Å². The molecule has 0 aliphatic heterocycles. The van der Waals surface area contributed by atoms with E-state index in [-0.39, 0.29) is 18.6 Å². The predicted octanol–water partition coefficient (Wildman–Crippen LogP) is 5.05. The molecular formula is C27H35N2O3+. The molecule has 0 unspecified atom stereocenters. The summed E-state index contributed by atoms with van der Waals surface area (Å²) < 4.78 is 16.3. The van der Waals surface area contributed by atoms with Gasteiger partial charge in [0.15, 0.2) is 24.2 Å². The molecule has 170 valence electrons. The summed E-state index contributed by atoms with van der Waals surface area (Å²) in [7, 11) is 2.02. The molecule has 0 N–H and O–H groups in total. The van der Waals surface area contributed by atoms with Gasteiger partial charge in [-0.1, -0.05) is 57.5 Å². The minimum absolute atomic E-state index is 0.00541. The Hall–Kier alpha value is -2.82. The summed E-state index contributed by atoms with van der Waals surface area (Å²) in [6, 6.07) is 17.9. The summed E-state index contributed by atoms with van der Waals surface area (Å²) in [6.45, 7) is 7.29. The van der Waals surface area contributed by atoms with E-state index in [0.29, 0.717) is 24.4 Å². The number of aromatic nitrogens is 2. The van der Waals surface area contributed by atoms with Crippen molar-refractivity contribution in [2.75, 3.05) is 0 Å². The van der Waals surface area contributed by atoms with Gasteiger partial charge in [0.2, 0.25) is 0 Å². The number of ether oxygens (including phenoxy) is 2. The number of carbonyl (C=O) groups is 1. The molecule has 1 aliphatic rings. The van der Waals surface area contributed by atoms with Crippen LogP contribution in [0.5, 0.6) is 5.75 Å². The van der Waals surface area contributed by atoms with Gasteiger partial charge in [-0.05, 0) is 54.9 Å². The van der Waals surface area contributed by atoms with Crippen molar-refractivity contribution in [3.8, 4) is 5.75 Å². The number of para-hydroxylation sites is 3. The maximum atomic E-state index is 13.1. The molecular weight excluding hydrogens is 400 g/mol. The van der Waals surface area contributed by atoms with Crippen LogP contribution in [0, 0.1) is 17.8 Å². The van der Waals surface area contributed by atoms with Gasteiger partial charge >= 0.3 is 5.97 Å². The second-order valence-corrected chi connectivity index (χ2v) is 9.51. The molecule has 0 radical (unpaired) electrons.